The van der Waals surface area contributed by atoms with Gasteiger partial charge in [-0.15, -0.1) is 0 Å². The number of rotatable bonds is 5. The monoisotopic (exact) mass is 318 g/mol. The molecule has 1 aliphatic heterocycles. The molecule has 3 rings (SSSR count). The third-order valence-electron chi connectivity index (χ3n) is 3.46. The van der Waals surface area contributed by atoms with Crippen LogP contribution in [0.1, 0.15) is 22.8 Å². The predicted octanol–water partition coefficient (Wildman–Crippen LogP) is 4.81. The summed E-state index contributed by atoms with van der Waals surface area (Å²) in [6, 6.07) is 15.1. The average Bonchev–Trinajstić information content (AvgIpc) is 2.90. The zero-order chi connectivity index (χ0) is 16.9. The summed E-state index contributed by atoms with van der Waals surface area (Å²) in [5, 5.41) is 0. The minimum Gasteiger partial charge on any atom is -0.489 e. The van der Waals surface area contributed by atoms with E-state index in [0.717, 1.165) is 11.1 Å². The Morgan fingerprint density at radius 3 is 2.75 bits per heavy atom. The van der Waals surface area contributed by atoms with E-state index in [1.807, 2.05) is 49.4 Å². The van der Waals surface area contributed by atoms with E-state index < -0.39 is 0 Å². The molecule has 1 aliphatic rings. The summed E-state index contributed by atoms with van der Waals surface area (Å²) in [5.41, 5.74) is 2.55. The maximum Gasteiger partial charge on any atom is 0.231 e. The van der Waals surface area contributed by atoms with Crippen LogP contribution in [0, 0.1) is 0 Å². The summed E-state index contributed by atoms with van der Waals surface area (Å²) in [4.78, 5) is 12.3. The summed E-state index contributed by atoms with van der Waals surface area (Å²) in [5.74, 6) is 1.38. The number of hydrogen-bond donors (Lipinski definition) is 0. The largest absolute Gasteiger partial charge is 0.489 e. The molecule has 0 aromatic heterocycles. The Morgan fingerprint density at radius 2 is 2.00 bits per heavy atom. The van der Waals surface area contributed by atoms with Crippen molar-refractivity contribution in [2.75, 3.05) is 6.61 Å². The Balaban J connectivity index is 1.74. The van der Waals surface area contributed by atoms with Gasteiger partial charge in [-0.1, -0.05) is 49.1 Å². The topological polar surface area (TPSA) is 35.5 Å². The lowest BCUT2D eigenvalue weighted by atomic mass is 10.1. The van der Waals surface area contributed by atoms with Crippen LogP contribution in [0.4, 0.5) is 0 Å². The van der Waals surface area contributed by atoms with Crippen molar-refractivity contribution in [2.45, 2.75) is 6.92 Å². The van der Waals surface area contributed by atoms with Crippen molar-refractivity contribution in [3.8, 4) is 11.5 Å². The van der Waals surface area contributed by atoms with Crippen molar-refractivity contribution in [1.29, 1.82) is 0 Å². The second-order valence-electron chi connectivity index (χ2n) is 5.64. The van der Waals surface area contributed by atoms with Crippen LogP contribution in [0.3, 0.4) is 0 Å². The molecule has 0 amide bonds. The Hall–Kier alpha value is -3.07. The second-order valence-corrected chi connectivity index (χ2v) is 5.64. The lowest BCUT2D eigenvalue weighted by Gasteiger charge is -2.06. The molecular weight excluding hydrogens is 300 g/mol. The number of carbonyl (C=O) groups is 1. The molecule has 0 fully saturated rings. The third kappa shape index (κ3) is 3.63. The van der Waals surface area contributed by atoms with Gasteiger partial charge < -0.3 is 9.47 Å². The number of benzene rings is 2. The van der Waals surface area contributed by atoms with Crippen molar-refractivity contribution in [2.24, 2.45) is 0 Å². The first-order chi connectivity index (χ1) is 11.6. The Morgan fingerprint density at radius 1 is 1.21 bits per heavy atom. The predicted molar refractivity (Wildman–Crippen MR) is 95.3 cm³/mol. The van der Waals surface area contributed by atoms with E-state index in [1.54, 1.807) is 24.3 Å². The molecule has 0 unspecified atom stereocenters. The van der Waals surface area contributed by atoms with Gasteiger partial charge in [0.2, 0.25) is 5.78 Å². The number of carbonyl (C=O) groups excluding carboxylic acids is 1. The first-order valence-corrected chi connectivity index (χ1v) is 7.71. The maximum absolute atomic E-state index is 12.3. The van der Waals surface area contributed by atoms with Gasteiger partial charge in [-0.25, -0.2) is 0 Å². The number of ketones is 1. The fourth-order valence-corrected chi connectivity index (χ4v) is 2.29. The summed E-state index contributed by atoms with van der Waals surface area (Å²) in [6.07, 6.45) is 5.42. The highest BCUT2D eigenvalue weighted by molar-refractivity contribution is 6.12. The van der Waals surface area contributed by atoms with Gasteiger partial charge in [0.25, 0.3) is 0 Å². The van der Waals surface area contributed by atoms with E-state index in [0.29, 0.717) is 29.4 Å². The van der Waals surface area contributed by atoms with Crippen molar-refractivity contribution in [3.05, 3.63) is 89.7 Å². The molecule has 120 valence electrons. The van der Waals surface area contributed by atoms with E-state index >= 15 is 0 Å². The Bertz CT molecular complexity index is 829. The summed E-state index contributed by atoms with van der Waals surface area (Å²) >= 11 is 0. The van der Waals surface area contributed by atoms with E-state index in [9.17, 15) is 4.79 Å². The highest BCUT2D eigenvalue weighted by atomic mass is 16.5. The lowest BCUT2D eigenvalue weighted by Crippen LogP contribution is -1.98. The van der Waals surface area contributed by atoms with Crippen LogP contribution in [0.5, 0.6) is 11.5 Å². The van der Waals surface area contributed by atoms with E-state index in [2.05, 4.69) is 6.58 Å². The quantitative estimate of drug-likeness (QED) is 0.586. The van der Waals surface area contributed by atoms with Gasteiger partial charge in [0, 0.05) is 6.07 Å². The molecule has 2 aromatic carbocycles. The van der Waals surface area contributed by atoms with Gasteiger partial charge in [0.15, 0.2) is 5.76 Å². The third-order valence-corrected chi connectivity index (χ3v) is 3.46. The molecule has 0 spiro atoms. The number of ether oxygens (including phenoxy) is 2. The molecule has 0 saturated heterocycles. The molecular formula is C21H18O3. The summed E-state index contributed by atoms with van der Waals surface area (Å²) < 4.78 is 11.2. The number of fused-ring (bicyclic) bond motifs is 1. The number of hydrogen-bond acceptors (Lipinski definition) is 3. The van der Waals surface area contributed by atoms with Crippen LogP contribution >= 0.6 is 0 Å². The molecule has 0 radical (unpaired) electrons. The fourth-order valence-electron chi connectivity index (χ4n) is 2.29. The standard InChI is InChI=1S/C21H18O3/c1-15(2)14-23-17-11-12-18-20(13-17)24-19(21(18)22)10-6-9-16-7-4-3-5-8-16/h3-13H,1,14H2,2H3/b9-6+,19-10+. The number of allylic oxidation sites excluding steroid dienone is 3. The Kier molecular flexibility index (Phi) is 4.62. The van der Waals surface area contributed by atoms with Crippen molar-refractivity contribution >= 4 is 11.9 Å². The highest BCUT2D eigenvalue weighted by Gasteiger charge is 2.27. The maximum atomic E-state index is 12.3. The van der Waals surface area contributed by atoms with Crippen LogP contribution < -0.4 is 9.47 Å². The Labute approximate surface area is 141 Å². The zero-order valence-corrected chi connectivity index (χ0v) is 13.5. The minimum absolute atomic E-state index is 0.117. The molecule has 3 heteroatoms. The van der Waals surface area contributed by atoms with Crippen LogP contribution in [-0.2, 0) is 0 Å². The van der Waals surface area contributed by atoms with Gasteiger partial charge in [0.1, 0.15) is 18.1 Å². The van der Waals surface area contributed by atoms with Crippen LogP contribution in [0.15, 0.2) is 78.6 Å². The average molecular weight is 318 g/mol. The van der Waals surface area contributed by atoms with Gasteiger partial charge in [-0.2, -0.15) is 0 Å². The van der Waals surface area contributed by atoms with Crippen molar-refractivity contribution < 1.29 is 14.3 Å². The first-order valence-electron chi connectivity index (χ1n) is 7.71. The van der Waals surface area contributed by atoms with E-state index in [1.165, 1.54) is 0 Å². The van der Waals surface area contributed by atoms with Gasteiger partial charge in [-0.05, 0) is 36.3 Å². The summed E-state index contributed by atoms with van der Waals surface area (Å²) in [7, 11) is 0. The molecule has 2 aromatic rings. The van der Waals surface area contributed by atoms with E-state index in [4.69, 9.17) is 9.47 Å². The highest BCUT2D eigenvalue weighted by Crippen LogP contribution is 2.34. The molecule has 0 bridgehead atoms. The molecule has 0 atom stereocenters. The molecule has 0 aliphatic carbocycles. The van der Waals surface area contributed by atoms with Gasteiger partial charge in [0.05, 0.1) is 5.56 Å². The first kappa shape index (κ1) is 15.8. The lowest BCUT2D eigenvalue weighted by molar-refractivity contribution is 0.101. The molecule has 1 heterocycles. The second kappa shape index (κ2) is 7.01. The van der Waals surface area contributed by atoms with Crippen LogP contribution in [-0.4, -0.2) is 12.4 Å². The van der Waals surface area contributed by atoms with Crippen molar-refractivity contribution in [3.63, 3.8) is 0 Å². The smallest absolute Gasteiger partial charge is 0.231 e. The van der Waals surface area contributed by atoms with Crippen LogP contribution in [0.25, 0.3) is 6.08 Å². The van der Waals surface area contributed by atoms with Crippen molar-refractivity contribution in [1.82, 2.24) is 0 Å². The molecule has 0 N–H and O–H groups in total. The SMILES string of the molecule is C=C(C)COc1ccc2c(c1)O/C(=C/C=C/c1ccccc1)C2=O. The zero-order valence-electron chi connectivity index (χ0n) is 13.5. The van der Waals surface area contributed by atoms with E-state index in [-0.39, 0.29) is 5.78 Å². The fraction of sp³-hybridized carbons (Fsp3) is 0.0952. The molecule has 3 nitrogen and oxygen atoms in total. The normalized spacial score (nSPS) is 14.7. The van der Waals surface area contributed by atoms with Gasteiger partial charge in [-0.3, -0.25) is 4.79 Å². The minimum atomic E-state index is -0.117. The molecule has 0 saturated carbocycles. The summed E-state index contributed by atoms with van der Waals surface area (Å²) in [6.45, 7) is 6.13. The number of Topliss-reactive ketones (excluding diaryl/α,β-unsaturated/α-hetero) is 1. The van der Waals surface area contributed by atoms with Crippen LogP contribution in [0.2, 0.25) is 0 Å². The van der Waals surface area contributed by atoms with Gasteiger partial charge >= 0.3 is 0 Å². The molecule has 24 heavy (non-hydrogen) atoms.